The Morgan fingerprint density at radius 2 is 1.59 bits per heavy atom. The molecular weight excluding hydrogens is 379 g/mol. The SMILES string of the molecule is Cc1ccc(S(=O)(=O)N(C/C=C\CO)Cc2ccc(C(F)(F)F)cc2)cc1. The summed E-state index contributed by atoms with van der Waals surface area (Å²) in [6.07, 6.45) is -1.55. The van der Waals surface area contributed by atoms with Crippen molar-refractivity contribution in [1.29, 1.82) is 0 Å². The van der Waals surface area contributed by atoms with E-state index in [0.717, 1.165) is 22.0 Å². The second-order valence-electron chi connectivity index (χ2n) is 5.96. The van der Waals surface area contributed by atoms with Crippen LogP contribution < -0.4 is 0 Å². The van der Waals surface area contributed by atoms with Gasteiger partial charge in [-0.05, 0) is 36.8 Å². The fraction of sp³-hybridized carbons (Fsp3) is 0.263. The van der Waals surface area contributed by atoms with Gasteiger partial charge in [-0.1, -0.05) is 42.0 Å². The van der Waals surface area contributed by atoms with Gasteiger partial charge in [0.15, 0.2) is 0 Å². The van der Waals surface area contributed by atoms with Crippen molar-refractivity contribution in [2.75, 3.05) is 13.2 Å². The molecule has 0 radical (unpaired) electrons. The number of alkyl halides is 3. The van der Waals surface area contributed by atoms with Crippen LogP contribution in [0.1, 0.15) is 16.7 Å². The molecule has 0 aliphatic rings. The molecule has 2 aromatic rings. The van der Waals surface area contributed by atoms with E-state index in [9.17, 15) is 21.6 Å². The van der Waals surface area contributed by atoms with E-state index in [4.69, 9.17) is 5.11 Å². The van der Waals surface area contributed by atoms with Crippen LogP contribution in [0.4, 0.5) is 13.2 Å². The van der Waals surface area contributed by atoms with Crippen LogP contribution in [0.3, 0.4) is 0 Å². The Hall–Kier alpha value is -2.16. The lowest BCUT2D eigenvalue weighted by atomic mass is 10.1. The standard InChI is InChI=1S/C19H20F3NO3S/c1-15-4-10-18(11-5-15)27(25,26)23(12-2-3-13-24)14-16-6-8-17(9-7-16)19(20,21)22/h2-11,24H,12-14H2,1H3/b3-2-. The van der Waals surface area contributed by atoms with Gasteiger partial charge in [-0.25, -0.2) is 8.42 Å². The van der Waals surface area contributed by atoms with Gasteiger partial charge in [-0.15, -0.1) is 0 Å². The number of sulfonamides is 1. The van der Waals surface area contributed by atoms with E-state index in [2.05, 4.69) is 0 Å². The zero-order valence-electron chi connectivity index (χ0n) is 14.6. The normalized spacial score (nSPS) is 12.8. The Balaban J connectivity index is 2.31. The third-order valence-corrected chi connectivity index (χ3v) is 5.71. The van der Waals surface area contributed by atoms with Gasteiger partial charge in [0.2, 0.25) is 10.0 Å². The second kappa shape index (κ2) is 8.69. The van der Waals surface area contributed by atoms with Crippen LogP contribution in [0.5, 0.6) is 0 Å². The van der Waals surface area contributed by atoms with Crippen molar-refractivity contribution in [2.24, 2.45) is 0 Å². The molecule has 0 fully saturated rings. The molecule has 0 aromatic heterocycles. The van der Waals surface area contributed by atoms with E-state index in [1.54, 1.807) is 12.1 Å². The molecule has 1 N–H and O–H groups in total. The molecule has 0 saturated carbocycles. The fourth-order valence-corrected chi connectivity index (χ4v) is 3.76. The number of benzene rings is 2. The van der Waals surface area contributed by atoms with E-state index < -0.39 is 21.8 Å². The van der Waals surface area contributed by atoms with Crippen molar-refractivity contribution < 1.29 is 26.7 Å². The number of rotatable bonds is 7. The predicted octanol–water partition coefficient (Wildman–Crippen LogP) is 3.75. The predicted molar refractivity (Wildman–Crippen MR) is 96.4 cm³/mol. The lowest BCUT2D eigenvalue weighted by molar-refractivity contribution is -0.137. The van der Waals surface area contributed by atoms with E-state index in [1.165, 1.54) is 36.4 Å². The minimum atomic E-state index is -4.45. The Bertz CT molecular complexity index is 874. The van der Waals surface area contributed by atoms with Crippen LogP contribution >= 0.6 is 0 Å². The van der Waals surface area contributed by atoms with Crippen molar-refractivity contribution in [1.82, 2.24) is 4.31 Å². The summed E-state index contributed by atoms with van der Waals surface area (Å²) in [5.41, 5.74) is 0.541. The van der Waals surface area contributed by atoms with Crippen LogP contribution in [-0.4, -0.2) is 31.0 Å². The highest BCUT2D eigenvalue weighted by Crippen LogP contribution is 2.29. The topological polar surface area (TPSA) is 57.6 Å². The zero-order valence-corrected chi connectivity index (χ0v) is 15.5. The molecule has 0 amide bonds. The maximum absolute atomic E-state index is 12.9. The number of halogens is 3. The van der Waals surface area contributed by atoms with Crippen LogP contribution in [0.15, 0.2) is 65.6 Å². The highest BCUT2D eigenvalue weighted by molar-refractivity contribution is 7.89. The van der Waals surface area contributed by atoms with E-state index in [1.807, 2.05) is 6.92 Å². The van der Waals surface area contributed by atoms with Crippen molar-refractivity contribution in [3.63, 3.8) is 0 Å². The summed E-state index contributed by atoms with van der Waals surface area (Å²) in [4.78, 5) is 0.0948. The quantitative estimate of drug-likeness (QED) is 0.722. The molecule has 2 rings (SSSR count). The Kier molecular flexibility index (Phi) is 6.80. The minimum absolute atomic E-state index is 0.0161. The molecule has 4 nitrogen and oxygen atoms in total. The van der Waals surface area contributed by atoms with Crippen LogP contribution in [0, 0.1) is 6.92 Å². The van der Waals surface area contributed by atoms with Crippen molar-refractivity contribution in [2.45, 2.75) is 24.5 Å². The monoisotopic (exact) mass is 399 g/mol. The van der Waals surface area contributed by atoms with Gasteiger partial charge in [0.05, 0.1) is 17.1 Å². The summed E-state index contributed by atoms with van der Waals surface area (Å²) >= 11 is 0. The number of aliphatic hydroxyl groups is 1. The Morgan fingerprint density at radius 3 is 2.11 bits per heavy atom. The Labute approximate surface area is 156 Å². The highest BCUT2D eigenvalue weighted by atomic mass is 32.2. The molecular formula is C19H20F3NO3S. The van der Waals surface area contributed by atoms with Gasteiger partial charge in [0.25, 0.3) is 0 Å². The van der Waals surface area contributed by atoms with Gasteiger partial charge in [0.1, 0.15) is 0 Å². The molecule has 0 aliphatic heterocycles. The van der Waals surface area contributed by atoms with Gasteiger partial charge in [0, 0.05) is 13.1 Å². The fourth-order valence-electron chi connectivity index (χ4n) is 2.38. The molecule has 0 unspecified atom stereocenters. The van der Waals surface area contributed by atoms with Gasteiger partial charge >= 0.3 is 6.18 Å². The molecule has 0 heterocycles. The third-order valence-electron chi connectivity index (χ3n) is 3.88. The van der Waals surface area contributed by atoms with Gasteiger partial charge in [-0.2, -0.15) is 17.5 Å². The summed E-state index contributed by atoms with van der Waals surface area (Å²) in [6, 6.07) is 10.7. The summed E-state index contributed by atoms with van der Waals surface area (Å²) in [5, 5.41) is 8.86. The van der Waals surface area contributed by atoms with E-state index in [0.29, 0.717) is 5.56 Å². The van der Waals surface area contributed by atoms with Crippen LogP contribution in [-0.2, 0) is 22.7 Å². The number of aliphatic hydroxyl groups excluding tert-OH is 1. The lowest BCUT2D eigenvalue weighted by Gasteiger charge is -2.21. The number of nitrogens with zero attached hydrogens (tertiary/aromatic N) is 1. The van der Waals surface area contributed by atoms with Crippen molar-refractivity contribution >= 4 is 10.0 Å². The maximum Gasteiger partial charge on any atom is 0.416 e. The van der Waals surface area contributed by atoms with Crippen molar-refractivity contribution in [3.8, 4) is 0 Å². The number of hydrogen-bond acceptors (Lipinski definition) is 3. The Morgan fingerprint density at radius 1 is 1.00 bits per heavy atom. The first kappa shape index (κ1) is 21.1. The lowest BCUT2D eigenvalue weighted by Crippen LogP contribution is -2.31. The van der Waals surface area contributed by atoms with Gasteiger partial charge < -0.3 is 5.11 Å². The first-order valence-corrected chi connectivity index (χ1v) is 9.57. The summed E-state index contributed by atoms with van der Waals surface area (Å²) in [6.45, 7) is 1.49. The van der Waals surface area contributed by atoms with Crippen LogP contribution in [0.2, 0.25) is 0 Å². The molecule has 0 aliphatic carbocycles. The molecule has 146 valence electrons. The second-order valence-corrected chi connectivity index (χ2v) is 7.90. The molecule has 0 bridgehead atoms. The molecule has 0 saturated heterocycles. The highest BCUT2D eigenvalue weighted by Gasteiger charge is 2.30. The molecule has 0 spiro atoms. The van der Waals surface area contributed by atoms with Crippen molar-refractivity contribution in [3.05, 3.63) is 77.4 Å². The molecule has 27 heavy (non-hydrogen) atoms. The first-order valence-electron chi connectivity index (χ1n) is 8.13. The van der Waals surface area contributed by atoms with Crippen LogP contribution in [0.25, 0.3) is 0 Å². The average molecular weight is 399 g/mol. The number of aryl methyl sites for hydroxylation is 1. The molecule has 0 atom stereocenters. The third kappa shape index (κ3) is 5.66. The minimum Gasteiger partial charge on any atom is -0.392 e. The summed E-state index contributed by atoms with van der Waals surface area (Å²) in [5.74, 6) is 0. The molecule has 8 heteroatoms. The summed E-state index contributed by atoms with van der Waals surface area (Å²) < 4.78 is 65.1. The average Bonchev–Trinajstić information content (AvgIpc) is 2.61. The maximum atomic E-state index is 12.9. The molecule has 2 aromatic carbocycles. The first-order chi connectivity index (χ1) is 12.6. The zero-order chi connectivity index (χ0) is 20.1. The van der Waals surface area contributed by atoms with Gasteiger partial charge in [-0.3, -0.25) is 0 Å². The largest absolute Gasteiger partial charge is 0.416 e. The number of hydrogen-bond donors (Lipinski definition) is 1. The van der Waals surface area contributed by atoms with E-state index >= 15 is 0 Å². The summed E-state index contributed by atoms with van der Waals surface area (Å²) in [7, 11) is -3.86. The smallest absolute Gasteiger partial charge is 0.392 e. The van der Waals surface area contributed by atoms with E-state index in [-0.39, 0.29) is 24.6 Å².